The van der Waals surface area contributed by atoms with E-state index in [-0.39, 0.29) is 10.9 Å². The standard InChI is InChI=1S/C21H23BClN7S/c22-21(25)14-4-2-1-3-13(14)11-20(21)6-9-30(10-7-20)19-27-12-16(28-29-19)31-15-5-8-26-18(24)17(15)23/h1-5,8,12H,6-7,9-11,22,25H2,(H2,24,26)/t21-/m0/s1. The van der Waals surface area contributed by atoms with Crippen molar-refractivity contribution in [2.45, 2.75) is 34.6 Å². The Labute approximate surface area is 191 Å². The van der Waals surface area contributed by atoms with Crippen LogP contribution in [0.3, 0.4) is 0 Å². The normalized spacial score (nSPS) is 21.9. The molecule has 3 heterocycles. The molecule has 1 aliphatic heterocycles. The average Bonchev–Trinajstić information content (AvgIpc) is 2.99. The van der Waals surface area contributed by atoms with Gasteiger partial charge in [-0.15, -0.1) is 10.2 Å². The lowest BCUT2D eigenvalue weighted by Gasteiger charge is -2.47. The number of halogens is 1. The first-order valence-electron chi connectivity index (χ1n) is 10.3. The average molecular weight is 452 g/mol. The van der Waals surface area contributed by atoms with E-state index in [1.165, 1.54) is 22.9 Å². The Morgan fingerprint density at radius 2 is 1.87 bits per heavy atom. The largest absolute Gasteiger partial charge is 0.382 e. The number of nitrogen functional groups attached to an aromatic ring is 1. The van der Waals surface area contributed by atoms with Crippen molar-refractivity contribution in [3.8, 4) is 0 Å². The van der Waals surface area contributed by atoms with E-state index < -0.39 is 0 Å². The third-order valence-corrected chi connectivity index (χ3v) is 8.30. The molecule has 1 atom stereocenters. The third-order valence-electron chi connectivity index (χ3n) is 6.83. The van der Waals surface area contributed by atoms with Crippen molar-refractivity contribution in [3.63, 3.8) is 0 Å². The molecule has 31 heavy (non-hydrogen) atoms. The highest BCUT2D eigenvalue weighted by atomic mass is 35.5. The van der Waals surface area contributed by atoms with E-state index in [4.69, 9.17) is 23.1 Å². The van der Waals surface area contributed by atoms with Crippen LogP contribution in [-0.4, -0.2) is 41.1 Å². The zero-order valence-corrected chi connectivity index (χ0v) is 18.8. The summed E-state index contributed by atoms with van der Waals surface area (Å²) in [5.41, 5.74) is 15.1. The Balaban J connectivity index is 1.28. The maximum absolute atomic E-state index is 6.91. The summed E-state index contributed by atoms with van der Waals surface area (Å²) in [6.07, 6.45) is 6.38. The van der Waals surface area contributed by atoms with Crippen LogP contribution in [0.25, 0.3) is 0 Å². The molecule has 10 heteroatoms. The number of nitrogens with zero attached hydrogens (tertiary/aromatic N) is 5. The summed E-state index contributed by atoms with van der Waals surface area (Å²) in [5, 5.41) is 9.77. The Morgan fingerprint density at radius 1 is 1.10 bits per heavy atom. The van der Waals surface area contributed by atoms with Gasteiger partial charge in [0.25, 0.3) is 0 Å². The number of nitrogens with two attached hydrogens (primary N) is 2. The van der Waals surface area contributed by atoms with Crippen LogP contribution in [0, 0.1) is 5.41 Å². The molecule has 5 rings (SSSR count). The third kappa shape index (κ3) is 3.45. The van der Waals surface area contributed by atoms with E-state index >= 15 is 0 Å². The highest BCUT2D eigenvalue weighted by Crippen LogP contribution is 2.53. The first-order chi connectivity index (χ1) is 14.9. The topological polar surface area (TPSA) is 107 Å². The zero-order chi connectivity index (χ0) is 21.6. The van der Waals surface area contributed by atoms with Gasteiger partial charge in [0.15, 0.2) is 0 Å². The lowest BCUT2D eigenvalue weighted by Crippen LogP contribution is -2.55. The van der Waals surface area contributed by atoms with Crippen molar-refractivity contribution >= 4 is 43.0 Å². The summed E-state index contributed by atoms with van der Waals surface area (Å²) in [7, 11) is 2.19. The van der Waals surface area contributed by atoms with Crippen LogP contribution < -0.4 is 16.4 Å². The Morgan fingerprint density at radius 3 is 2.58 bits per heavy atom. The molecule has 0 amide bonds. The molecule has 1 fully saturated rings. The highest BCUT2D eigenvalue weighted by Gasteiger charge is 2.53. The van der Waals surface area contributed by atoms with E-state index in [1.807, 2.05) is 0 Å². The molecule has 3 aromatic rings. The van der Waals surface area contributed by atoms with Gasteiger partial charge in [-0.1, -0.05) is 47.6 Å². The van der Waals surface area contributed by atoms with Gasteiger partial charge in [0.1, 0.15) is 18.7 Å². The molecule has 7 nitrogen and oxygen atoms in total. The van der Waals surface area contributed by atoms with Crippen LogP contribution in [0.1, 0.15) is 24.0 Å². The summed E-state index contributed by atoms with van der Waals surface area (Å²) < 4.78 is 0. The molecule has 2 aliphatic rings. The quantitative estimate of drug-likeness (QED) is 0.584. The minimum absolute atomic E-state index is 0.0778. The summed E-state index contributed by atoms with van der Waals surface area (Å²) in [6.45, 7) is 1.73. The van der Waals surface area contributed by atoms with Gasteiger partial charge in [0.05, 0.1) is 11.2 Å². The van der Waals surface area contributed by atoms with Crippen molar-refractivity contribution in [2.24, 2.45) is 11.1 Å². The van der Waals surface area contributed by atoms with Crippen LogP contribution in [0.15, 0.2) is 52.6 Å². The molecule has 2 aromatic heterocycles. The van der Waals surface area contributed by atoms with Gasteiger partial charge in [-0.2, -0.15) is 0 Å². The number of piperidine rings is 1. The van der Waals surface area contributed by atoms with E-state index in [0.717, 1.165) is 37.2 Å². The molecule has 158 valence electrons. The fourth-order valence-corrected chi connectivity index (χ4v) is 5.89. The van der Waals surface area contributed by atoms with Crippen molar-refractivity contribution in [1.82, 2.24) is 20.2 Å². The summed E-state index contributed by atoms with van der Waals surface area (Å²) in [6, 6.07) is 10.4. The summed E-state index contributed by atoms with van der Waals surface area (Å²) in [4.78, 5) is 11.5. The monoisotopic (exact) mass is 451 g/mol. The number of hydrogen-bond donors (Lipinski definition) is 2. The number of fused-ring (bicyclic) bond motifs is 1. The Bertz CT molecular complexity index is 1120. The van der Waals surface area contributed by atoms with Gasteiger partial charge >= 0.3 is 0 Å². The fourth-order valence-electron chi connectivity index (χ4n) is 4.93. The lowest BCUT2D eigenvalue weighted by molar-refractivity contribution is 0.159. The molecule has 1 aromatic carbocycles. The molecule has 1 aliphatic carbocycles. The Kier molecular flexibility index (Phi) is 5.07. The predicted molar refractivity (Wildman–Crippen MR) is 126 cm³/mol. The molecule has 1 spiro atoms. The molecular weight excluding hydrogens is 429 g/mol. The number of rotatable bonds is 3. The molecule has 0 unspecified atom stereocenters. The Hall–Kier alpha value is -2.36. The van der Waals surface area contributed by atoms with Gasteiger partial charge in [-0.25, -0.2) is 9.97 Å². The highest BCUT2D eigenvalue weighted by molar-refractivity contribution is 7.99. The number of hydrogen-bond acceptors (Lipinski definition) is 8. The molecule has 1 saturated heterocycles. The van der Waals surface area contributed by atoms with Crippen molar-refractivity contribution in [2.75, 3.05) is 23.7 Å². The number of aromatic nitrogens is 4. The summed E-state index contributed by atoms with van der Waals surface area (Å²) in [5.74, 6) is 0.946. The van der Waals surface area contributed by atoms with E-state index in [1.54, 1.807) is 18.5 Å². The van der Waals surface area contributed by atoms with Crippen LogP contribution in [0.5, 0.6) is 0 Å². The second-order valence-corrected chi connectivity index (χ2v) is 9.95. The molecule has 4 N–H and O–H groups in total. The van der Waals surface area contributed by atoms with Gasteiger partial charge in [-0.3, -0.25) is 0 Å². The molecule has 0 bridgehead atoms. The van der Waals surface area contributed by atoms with Gasteiger partial charge < -0.3 is 16.4 Å². The molecule has 0 radical (unpaired) electrons. The van der Waals surface area contributed by atoms with E-state index in [0.29, 0.717) is 21.8 Å². The van der Waals surface area contributed by atoms with Gasteiger partial charge in [0, 0.05) is 29.6 Å². The van der Waals surface area contributed by atoms with Crippen molar-refractivity contribution < 1.29 is 0 Å². The zero-order valence-electron chi connectivity index (χ0n) is 17.3. The minimum atomic E-state index is -0.319. The second-order valence-electron chi connectivity index (χ2n) is 8.51. The number of pyridine rings is 1. The first-order valence-corrected chi connectivity index (χ1v) is 11.5. The summed E-state index contributed by atoms with van der Waals surface area (Å²) >= 11 is 7.59. The van der Waals surface area contributed by atoms with E-state index in [2.05, 4.69) is 57.2 Å². The maximum atomic E-state index is 6.91. The SMILES string of the molecule is B[C@]1(N)c2ccccc2CC12CCN(c1ncc(Sc3ccnc(N)c3Cl)nn1)CC2. The smallest absolute Gasteiger partial charge is 0.245 e. The number of anilines is 2. The van der Waals surface area contributed by atoms with Crippen molar-refractivity contribution in [3.05, 3.63) is 58.9 Å². The van der Waals surface area contributed by atoms with Crippen LogP contribution >= 0.6 is 23.4 Å². The second kappa shape index (κ2) is 7.65. The maximum Gasteiger partial charge on any atom is 0.245 e. The van der Waals surface area contributed by atoms with Crippen LogP contribution in [0.2, 0.25) is 5.02 Å². The fraction of sp³-hybridized carbons (Fsp3) is 0.333. The van der Waals surface area contributed by atoms with E-state index in [9.17, 15) is 0 Å². The molecular formula is C21H23BClN7S. The van der Waals surface area contributed by atoms with Gasteiger partial charge in [0.2, 0.25) is 5.95 Å². The van der Waals surface area contributed by atoms with Crippen molar-refractivity contribution in [1.29, 1.82) is 0 Å². The lowest BCUT2D eigenvalue weighted by atomic mass is 9.55. The first kappa shape index (κ1) is 20.5. The predicted octanol–water partition coefficient (Wildman–Crippen LogP) is 2.24. The minimum Gasteiger partial charge on any atom is -0.382 e. The van der Waals surface area contributed by atoms with Crippen LogP contribution in [0.4, 0.5) is 11.8 Å². The number of benzene rings is 1. The van der Waals surface area contributed by atoms with Crippen LogP contribution in [-0.2, 0) is 11.9 Å². The molecule has 0 saturated carbocycles. The van der Waals surface area contributed by atoms with Gasteiger partial charge in [-0.05, 0) is 41.9 Å².